The van der Waals surface area contributed by atoms with Crippen LogP contribution in [0.15, 0.2) is 62.2 Å². The molecule has 126 valence electrons. The van der Waals surface area contributed by atoms with Crippen LogP contribution in [0, 0.1) is 0 Å². The van der Waals surface area contributed by atoms with Gasteiger partial charge in [0.15, 0.2) is 12.2 Å². The lowest BCUT2D eigenvalue weighted by Crippen LogP contribution is -2.01. The highest BCUT2D eigenvalue weighted by Crippen LogP contribution is 2.24. The van der Waals surface area contributed by atoms with Gasteiger partial charge in [0.05, 0.1) is 0 Å². The molecular formula is C20H17NO4. The third-order valence-corrected chi connectivity index (χ3v) is 4.02. The average Bonchev–Trinajstić information content (AvgIpc) is 3.02. The minimum Gasteiger partial charge on any atom is -0.484 e. The van der Waals surface area contributed by atoms with Crippen LogP contribution in [-0.4, -0.2) is 4.98 Å². The van der Waals surface area contributed by atoms with Crippen LogP contribution in [0.25, 0.3) is 22.1 Å². The van der Waals surface area contributed by atoms with Gasteiger partial charge < -0.3 is 13.6 Å². The fourth-order valence-electron chi connectivity index (χ4n) is 2.90. The van der Waals surface area contributed by atoms with E-state index in [2.05, 4.69) is 11.9 Å². The van der Waals surface area contributed by atoms with E-state index in [9.17, 15) is 4.79 Å². The monoisotopic (exact) mass is 335 g/mol. The molecule has 4 aromatic rings. The number of oxazole rings is 1. The maximum absolute atomic E-state index is 11.7. The first-order valence-corrected chi connectivity index (χ1v) is 8.27. The quantitative estimate of drug-likeness (QED) is 0.504. The number of benzene rings is 2. The van der Waals surface area contributed by atoms with Gasteiger partial charge in [-0.1, -0.05) is 25.5 Å². The van der Waals surface area contributed by atoms with Gasteiger partial charge in [0.1, 0.15) is 16.8 Å². The van der Waals surface area contributed by atoms with Crippen LogP contribution in [0.5, 0.6) is 5.75 Å². The van der Waals surface area contributed by atoms with Crippen molar-refractivity contribution in [2.45, 2.75) is 26.4 Å². The number of para-hydroxylation sites is 2. The first kappa shape index (κ1) is 15.4. The number of aromatic nitrogens is 1. The van der Waals surface area contributed by atoms with Gasteiger partial charge in [-0.2, -0.15) is 0 Å². The topological polar surface area (TPSA) is 65.5 Å². The minimum atomic E-state index is -0.341. The lowest BCUT2D eigenvalue weighted by Gasteiger charge is -2.07. The zero-order valence-electron chi connectivity index (χ0n) is 13.8. The second-order valence-corrected chi connectivity index (χ2v) is 5.86. The number of fused-ring (bicyclic) bond motifs is 2. The normalized spacial score (nSPS) is 11.2. The molecule has 0 fully saturated rings. The molecule has 0 saturated carbocycles. The van der Waals surface area contributed by atoms with Gasteiger partial charge in [0, 0.05) is 17.5 Å². The third kappa shape index (κ3) is 3.13. The fourth-order valence-corrected chi connectivity index (χ4v) is 2.90. The number of nitrogens with zero attached hydrogens (tertiary/aromatic N) is 1. The molecule has 0 unspecified atom stereocenters. The Morgan fingerprint density at radius 3 is 2.76 bits per heavy atom. The van der Waals surface area contributed by atoms with Crippen LogP contribution in [0.1, 0.15) is 24.8 Å². The summed E-state index contributed by atoms with van der Waals surface area (Å²) in [7, 11) is 0. The molecule has 0 spiro atoms. The minimum absolute atomic E-state index is 0.207. The van der Waals surface area contributed by atoms with Crippen molar-refractivity contribution in [3.63, 3.8) is 0 Å². The van der Waals surface area contributed by atoms with Crippen molar-refractivity contribution < 1.29 is 13.6 Å². The Labute approximate surface area is 143 Å². The molecule has 2 heterocycles. The molecule has 0 aliphatic carbocycles. The molecule has 4 rings (SSSR count). The van der Waals surface area contributed by atoms with E-state index in [-0.39, 0.29) is 12.2 Å². The summed E-state index contributed by atoms with van der Waals surface area (Å²) in [6.45, 7) is 2.29. The molecule has 5 nitrogen and oxygen atoms in total. The van der Waals surface area contributed by atoms with Gasteiger partial charge in [-0.3, -0.25) is 0 Å². The van der Waals surface area contributed by atoms with E-state index in [1.807, 2.05) is 36.4 Å². The first-order chi connectivity index (χ1) is 12.2. The lowest BCUT2D eigenvalue weighted by molar-refractivity contribution is 0.267. The van der Waals surface area contributed by atoms with Crippen LogP contribution in [0.2, 0.25) is 0 Å². The molecule has 0 aliphatic rings. The number of aryl methyl sites for hydroxylation is 1. The van der Waals surface area contributed by atoms with E-state index < -0.39 is 0 Å². The molecule has 2 aromatic heterocycles. The Balaban J connectivity index is 1.60. The molecule has 0 radical (unpaired) electrons. The molecule has 2 aromatic carbocycles. The Morgan fingerprint density at radius 2 is 1.92 bits per heavy atom. The summed E-state index contributed by atoms with van der Waals surface area (Å²) in [6, 6.07) is 14.7. The predicted octanol–water partition coefficient (Wildman–Crippen LogP) is 4.47. The van der Waals surface area contributed by atoms with E-state index >= 15 is 0 Å². The Kier molecular flexibility index (Phi) is 3.98. The summed E-state index contributed by atoms with van der Waals surface area (Å²) in [5.74, 6) is 1.11. The maximum atomic E-state index is 11.7. The summed E-state index contributed by atoms with van der Waals surface area (Å²) in [5.41, 5.74) is 2.72. The van der Waals surface area contributed by atoms with E-state index in [1.54, 1.807) is 12.1 Å². The van der Waals surface area contributed by atoms with Crippen LogP contribution in [0.4, 0.5) is 0 Å². The number of ether oxygens (including phenoxy) is 1. The summed E-state index contributed by atoms with van der Waals surface area (Å²) in [5, 5.41) is 0.940. The van der Waals surface area contributed by atoms with Crippen molar-refractivity contribution in [1.29, 1.82) is 0 Å². The van der Waals surface area contributed by atoms with Crippen molar-refractivity contribution >= 4 is 22.1 Å². The summed E-state index contributed by atoms with van der Waals surface area (Å²) >= 11 is 0. The smallest absolute Gasteiger partial charge is 0.336 e. The highest BCUT2D eigenvalue weighted by atomic mass is 16.5. The number of hydrogen-bond donors (Lipinski definition) is 0. The van der Waals surface area contributed by atoms with Gasteiger partial charge in [-0.05, 0) is 36.2 Å². The molecule has 0 amide bonds. The van der Waals surface area contributed by atoms with E-state index in [4.69, 9.17) is 13.6 Å². The fraction of sp³-hybridized carbons (Fsp3) is 0.200. The van der Waals surface area contributed by atoms with E-state index in [1.165, 1.54) is 0 Å². The molecule has 0 saturated heterocycles. The number of rotatable bonds is 5. The summed E-state index contributed by atoms with van der Waals surface area (Å²) in [6.07, 6.45) is 1.81. The van der Waals surface area contributed by atoms with Crippen LogP contribution in [0.3, 0.4) is 0 Å². The van der Waals surface area contributed by atoms with Crippen molar-refractivity contribution in [3.8, 4) is 5.75 Å². The summed E-state index contributed by atoms with van der Waals surface area (Å²) < 4.78 is 16.7. The second kappa shape index (κ2) is 6.43. The average molecular weight is 335 g/mol. The first-order valence-electron chi connectivity index (χ1n) is 8.27. The van der Waals surface area contributed by atoms with Gasteiger partial charge in [-0.15, -0.1) is 0 Å². The van der Waals surface area contributed by atoms with Gasteiger partial charge in [0.2, 0.25) is 5.89 Å². The zero-order chi connectivity index (χ0) is 17.2. The van der Waals surface area contributed by atoms with Gasteiger partial charge in [-0.25, -0.2) is 9.78 Å². The SMILES string of the molecule is CCCc1cc(=O)oc2cc(OCc3nc4ccccc4o3)ccc12. The van der Waals surface area contributed by atoms with Crippen LogP contribution in [-0.2, 0) is 13.0 Å². The molecular weight excluding hydrogens is 318 g/mol. The predicted molar refractivity (Wildman–Crippen MR) is 94.8 cm³/mol. The molecule has 0 N–H and O–H groups in total. The Morgan fingerprint density at radius 1 is 1.04 bits per heavy atom. The second-order valence-electron chi connectivity index (χ2n) is 5.86. The molecule has 0 bridgehead atoms. The Bertz CT molecular complexity index is 1060. The zero-order valence-corrected chi connectivity index (χ0v) is 13.8. The van der Waals surface area contributed by atoms with Crippen molar-refractivity contribution in [1.82, 2.24) is 4.98 Å². The van der Waals surface area contributed by atoms with Gasteiger partial charge >= 0.3 is 5.63 Å². The third-order valence-electron chi connectivity index (χ3n) is 4.02. The highest BCUT2D eigenvalue weighted by Gasteiger charge is 2.09. The highest BCUT2D eigenvalue weighted by molar-refractivity contribution is 5.81. The maximum Gasteiger partial charge on any atom is 0.336 e. The van der Waals surface area contributed by atoms with E-state index in [0.717, 1.165) is 34.9 Å². The summed E-state index contributed by atoms with van der Waals surface area (Å²) in [4.78, 5) is 16.1. The van der Waals surface area contributed by atoms with E-state index in [0.29, 0.717) is 17.2 Å². The van der Waals surface area contributed by atoms with Crippen LogP contribution >= 0.6 is 0 Å². The number of hydrogen-bond acceptors (Lipinski definition) is 5. The van der Waals surface area contributed by atoms with Crippen LogP contribution < -0.4 is 10.4 Å². The standard InChI is InChI=1S/C20H17NO4/c1-2-5-13-10-20(22)25-18-11-14(8-9-15(13)18)23-12-19-21-16-6-3-4-7-17(16)24-19/h3-4,6-11H,2,5,12H2,1H3. The van der Waals surface area contributed by atoms with Crippen molar-refractivity contribution in [2.24, 2.45) is 0 Å². The van der Waals surface area contributed by atoms with Crippen molar-refractivity contribution in [2.75, 3.05) is 0 Å². The molecule has 0 atom stereocenters. The van der Waals surface area contributed by atoms with Gasteiger partial charge in [0.25, 0.3) is 0 Å². The largest absolute Gasteiger partial charge is 0.484 e. The molecule has 25 heavy (non-hydrogen) atoms. The lowest BCUT2D eigenvalue weighted by atomic mass is 10.1. The Hall–Kier alpha value is -3.08. The molecule has 5 heteroatoms. The van der Waals surface area contributed by atoms with Crippen molar-refractivity contribution in [3.05, 3.63) is 70.4 Å². The molecule has 0 aliphatic heterocycles.